The molecule has 1 aromatic carbocycles. The molecular weight excluding hydrogens is 353 g/mol. The van der Waals surface area contributed by atoms with Gasteiger partial charge in [-0.3, -0.25) is 10.3 Å². The number of ether oxygens (including phenoxy) is 1. The molecule has 138 valence electrons. The number of thiocarbonyl (C=S) groups is 1. The van der Waals surface area contributed by atoms with Gasteiger partial charge in [0.25, 0.3) is 0 Å². The van der Waals surface area contributed by atoms with E-state index < -0.39 is 11.7 Å². The topological polar surface area (TPSA) is 48.9 Å². The van der Waals surface area contributed by atoms with Gasteiger partial charge in [-0.15, -0.1) is 0 Å². The lowest BCUT2D eigenvalue weighted by Crippen LogP contribution is -2.39. The molecule has 1 aromatic rings. The molecule has 0 saturated carbocycles. The zero-order chi connectivity index (χ0) is 18.1. The van der Waals surface area contributed by atoms with Gasteiger partial charge in [0.2, 0.25) is 0 Å². The smallest absolute Gasteiger partial charge is 0.379 e. The Morgan fingerprint density at radius 1 is 1.28 bits per heavy atom. The fourth-order valence-electron chi connectivity index (χ4n) is 2.40. The van der Waals surface area contributed by atoms with E-state index in [9.17, 15) is 13.2 Å². The number of benzene rings is 1. The van der Waals surface area contributed by atoms with Crippen LogP contribution in [0, 0.1) is 0 Å². The van der Waals surface area contributed by atoms with E-state index in [-0.39, 0.29) is 10.7 Å². The number of nitrogens with zero attached hydrogens (tertiary/aromatic N) is 2. The Hall–Kier alpha value is -1.71. The first-order chi connectivity index (χ1) is 12.0. The number of hydrazone groups is 1. The van der Waals surface area contributed by atoms with Crippen molar-refractivity contribution in [3.63, 3.8) is 0 Å². The molecular formula is C16H21F3N4OS. The minimum atomic E-state index is -4.42. The van der Waals surface area contributed by atoms with Crippen molar-refractivity contribution < 1.29 is 17.9 Å². The summed E-state index contributed by atoms with van der Waals surface area (Å²) in [5, 5.41) is 7.04. The van der Waals surface area contributed by atoms with E-state index >= 15 is 0 Å². The average Bonchev–Trinajstić information content (AvgIpc) is 2.59. The van der Waals surface area contributed by atoms with E-state index in [4.69, 9.17) is 17.0 Å². The first kappa shape index (κ1) is 19.6. The van der Waals surface area contributed by atoms with E-state index in [1.165, 1.54) is 18.2 Å². The highest BCUT2D eigenvalue weighted by molar-refractivity contribution is 7.80. The summed E-state index contributed by atoms with van der Waals surface area (Å²) in [7, 11) is 0. The van der Waals surface area contributed by atoms with Crippen LogP contribution in [-0.2, 0) is 10.9 Å². The van der Waals surface area contributed by atoms with E-state index in [1.807, 2.05) is 0 Å². The Kier molecular flexibility index (Phi) is 7.60. The number of hydrogen-bond acceptors (Lipinski definition) is 4. The Balaban J connectivity index is 1.70. The molecule has 0 aromatic heterocycles. The quantitative estimate of drug-likeness (QED) is 0.346. The Morgan fingerprint density at radius 2 is 2.00 bits per heavy atom. The van der Waals surface area contributed by atoms with Gasteiger partial charge in [-0.2, -0.15) is 18.3 Å². The molecule has 0 unspecified atom stereocenters. The molecule has 0 bridgehead atoms. The van der Waals surface area contributed by atoms with Crippen LogP contribution in [0.3, 0.4) is 0 Å². The van der Waals surface area contributed by atoms with E-state index in [0.29, 0.717) is 6.54 Å². The predicted octanol–water partition coefficient (Wildman–Crippen LogP) is 2.23. The Bertz CT molecular complexity index is 589. The van der Waals surface area contributed by atoms with E-state index in [2.05, 4.69) is 20.7 Å². The van der Waals surface area contributed by atoms with Crippen LogP contribution in [0.4, 0.5) is 13.2 Å². The second kappa shape index (κ2) is 9.69. The predicted molar refractivity (Wildman–Crippen MR) is 94.7 cm³/mol. The van der Waals surface area contributed by atoms with Crippen molar-refractivity contribution in [2.75, 3.05) is 39.4 Å². The number of nitrogens with one attached hydrogen (secondary N) is 2. The third-order valence-electron chi connectivity index (χ3n) is 3.68. The van der Waals surface area contributed by atoms with E-state index in [0.717, 1.165) is 51.5 Å². The molecule has 0 radical (unpaired) electrons. The van der Waals surface area contributed by atoms with Crippen molar-refractivity contribution in [1.29, 1.82) is 0 Å². The fourth-order valence-corrected chi connectivity index (χ4v) is 2.55. The lowest BCUT2D eigenvalue weighted by molar-refractivity contribution is -0.137. The van der Waals surface area contributed by atoms with Crippen LogP contribution in [0.1, 0.15) is 17.5 Å². The number of morpholine rings is 1. The maximum absolute atomic E-state index is 12.9. The molecule has 1 aliphatic heterocycles. The summed E-state index contributed by atoms with van der Waals surface area (Å²) >= 11 is 5.05. The van der Waals surface area contributed by atoms with Gasteiger partial charge in [0, 0.05) is 25.2 Å². The molecule has 1 fully saturated rings. The largest absolute Gasteiger partial charge is 0.417 e. The van der Waals surface area contributed by atoms with Crippen LogP contribution in [-0.4, -0.2) is 55.6 Å². The maximum Gasteiger partial charge on any atom is 0.417 e. The van der Waals surface area contributed by atoms with Gasteiger partial charge in [-0.1, -0.05) is 18.2 Å². The van der Waals surface area contributed by atoms with Gasteiger partial charge >= 0.3 is 6.18 Å². The highest BCUT2D eigenvalue weighted by Gasteiger charge is 2.32. The second-order valence-corrected chi connectivity index (χ2v) is 5.93. The van der Waals surface area contributed by atoms with Crippen LogP contribution in [0.25, 0.3) is 0 Å². The summed E-state index contributed by atoms with van der Waals surface area (Å²) in [6.45, 7) is 5.01. The molecule has 9 heteroatoms. The van der Waals surface area contributed by atoms with Crippen molar-refractivity contribution >= 4 is 23.5 Å². The average molecular weight is 374 g/mol. The van der Waals surface area contributed by atoms with Gasteiger partial charge in [0.15, 0.2) is 5.11 Å². The number of hydrogen-bond donors (Lipinski definition) is 2. The standard InChI is InChI=1S/C16H21F3N4OS/c17-16(18,19)14-5-2-1-4-13(14)12-21-22-15(25)20-6-3-7-23-8-10-24-11-9-23/h1-2,4-5,12H,3,6-11H2,(H2,20,22,25)/b21-12+. The molecule has 0 atom stereocenters. The summed E-state index contributed by atoms with van der Waals surface area (Å²) in [6.07, 6.45) is -2.39. The second-order valence-electron chi connectivity index (χ2n) is 5.52. The lowest BCUT2D eigenvalue weighted by atomic mass is 10.1. The summed E-state index contributed by atoms with van der Waals surface area (Å²) < 4.78 is 43.9. The molecule has 1 aliphatic rings. The molecule has 2 rings (SSSR count). The summed E-state index contributed by atoms with van der Waals surface area (Å²) in [5.74, 6) is 0. The molecule has 0 spiro atoms. The van der Waals surface area contributed by atoms with Crippen molar-refractivity contribution in [3.05, 3.63) is 35.4 Å². The summed E-state index contributed by atoms with van der Waals surface area (Å²) in [4.78, 5) is 2.31. The zero-order valence-electron chi connectivity index (χ0n) is 13.7. The minimum Gasteiger partial charge on any atom is -0.379 e. The third-order valence-corrected chi connectivity index (χ3v) is 3.91. The van der Waals surface area contributed by atoms with Crippen molar-refractivity contribution in [2.45, 2.75) is 12.6 Å². The SMILES string of the molecule is FC(F)(F)c1ccccc1/C=N/NC(=S)NCCCN1CCOCC1. The van der Waals surface area contributed by atoms with Crippen LogP contribution >= 0.6 is 12.2 Å². The van der Waals surface area contributed by atoms with Crippen molar-refractivity contribution in [3.8, 4) is 0 Å². The zero-order valence-corrected chi connectivity index (χ0v) is 14.5. The van der Waals surface area contributed by atoms with Crippen LogP contribution in [0.5, 0.6) is 0 Å². The van der Waals surface area contributed by atoms with E-state index in [1.54, 1.807) is 0 Å². The first-order valence-electron chi connectivity index (χ1n) is 8.00. The molecule has 0 aliphatic carbocycles. The highest BCUT2D eigenvalue weighted by Crippen LogP contribution is 2.30. The summed E-state index contributed by atoms with van der Waals surface area (Å²) in [6, 6.07) is 5.24. The number of halogens is 3. The lowest BCUT2D eigenvalue weighted by Gasteiger charge is -2.26. The first-order valence-corrected chi connectivity index (χ1v) is 8.41. The molecule has 1 heterocycles. The minimum absolute atomic E-state index is 0.0161. The van der Waals surface area contributed by atoms with Gasteiger partial charge in [-0.25, -0.2) is 0 Å². The van der Waals surface area contributed by atoms with Crippen LogP contribution in [0.15, 0.2) is 29.4 Å². The summed E-state index contributed by atoms with van der Waals surface area (Å²) in [5.41, 5.74) is 1.79. The normalized spacial score (nSPS) is 16.1. The Morgan fingerprint density at radius 3 is 2.72 bits per heavy atom. The molecule has 5 nitrogen and oxygen atoms in total. The van der Waals surface area contributed by atoms with Crippen LogP contribution in [0.2, 0.25) is 0 Å². The molecule has 1 saturated heterocycles. The monoisotopic (exact) mass is 374 g/mol. The molecule has 0 amide bonds. The fraction of sp³-hybridized carbons (Fsp3) is 0.500. The number of rotatable bonds is 6. The Labute approximate surface area is 150 Å². The number of alkyl halides is 3. The van der Waals surface area contributed by atoms with Crippen molar-refractivity contribution in [1.82, 2.24) is 15.6 Å². The van der Waals surface area contributed by atoms with Gasteiger partial charge < -0.3 is 10.1 Å². The third kappa shape index (κ3) is 6.97. The molecule has 2 N–H and O–H groups in total. The van der Waals surface area contributed by atoms with Crippen LogP contribution < -0.4 is 10.7 Å². The van der Waals surface area contributed by atoms with Gasteiger partial charge in [0.1, 0.15) is 0 Å². The van der Waals surface area contributed by atoms with Gasteiger partial charge in [0.05, 0.1) is 25.0 Å². The highest BCUT2D eigenvalue weighted by atomic mass is 32.1. The maximum atomic E-state index is 12.9. The van der Waals surface area contributed by atoms with Crippen molar-refractivity contribution in [2.24, 2.45) is 5.10 Å². The van der Waals surface area contributed by atoms with Gasteiger partial charge in [-0.05, 0) is 31.2 Å². The molecule has 25 heavy (non-hydrogen) atoms.